The Balaban J connectivity index is 2.42. The number of hydrogen-bond donors (Lipinski definition) is 2. The molecule has 0 aromatic carbocycles. The lowest BCUT2D eigenvalue weighted by atomic mass is 9.92. The van der Waals surface area contributed by atoms with Crippen LogP contribution in [0.5, 0.6) is 0 Å². The van der Waals surface area contributed by atoms with Crippen LogP contribution in [0, 0.1) is 0 Å². The van der Waals surface area contributed by atoms with E-state index in [1.807, 2.05) is 27.7 Å². The van der Waals surface area contributed by atoms with Gasteiger partial charge in [0.15, 0.2) is 0 Å². The third kappa shape index (κ3) is 6.26. The Hall–Kier alpha value is -1.89. The molecule has 0 radical (unpaired) electrons. The minimum atomic E-state index is -0.248. The zero-order chi connectivity index (χ0) is 16.8. The molecule has 0 saturated carbocycles. The molecule has 22 heavy (non-hydrogen) atoms. The van der Waals surface area contributed by atoms with E-state index in [4.69, 9.17) is 4.52 Å². The van der Waals surface area contributed by atoms with Crippen LogP contribution >= 0.6 is 0 Å². The molecule has 0 spiro atoms. The van der Waals surface area contributed by atoms with E-state index in [0.717, 1.165) is 12.1 Å². The van der Waals surface area contributed by atoms with Gasteiger partial charge >= 0.3 is 0 Å². The van der Waals surface area contributed by atoms with Crippen LogP contribution in [0.2, 0.25) is 0 Å². The topological polar surface area (TPSA) is 87.5 Å². The van der Waals surface area contributed by atoms with Gasteiger partial charge in [0.2, 0.25) is 17.7 Å². The number of carbonyl (C=O) groups is 2. The number of aromatic nitrogens is 1. The highest BCUT2D eigenvalue weighted by molar-refractivity contribution is 5.91. The van der Waals surface area contributed by atoms with Gasteiger partial charge in [0.1, 0.15) is 0 Å². The second-order valence-corrected chi connectivity index (χ2v) is 6.40. The van der Waals surface area contributed by atoms with Crippen LogP contribution in [0.15, 0.2) is 10.6 Å². The van der Waals surface area contributed by atoms with Crippen LogP contribution in [-0.2, 0) is 15.0 Å². The third-order valence-corrected chi connectivity index (χ3v) is 2.94. The molecule has 2 amide bonds. The highest BCUT2D eigenvalue weighted by Gasteiger charge is 2.20. The summed E-state index contributed by atoms with van der Waals surface area (Å²) in [7, 11) is 1.71. The maximum Gasteiger partial charge on any atom is 0.240 e. The first-order valence-electron chi connectivity index (χ1n) is 7.44. The lowest BCUT2D eigenvalue weighted by Crippen LogP contribution is -2.39. The summed E-state index contributed by atoms with van der Waals surface area (Å²) in [5.74, 6) is -0.0204. The molecule has 1 rings (SSSR count). The molecule has 0 aliphatic carbocycles. The van der Waals surface area contributed by atoms with Crippen molar-refractivity contribution in [1.82, 2.24) is 15.4 Å². The van der Waals surface area contributed by atoms with E-state index in [0.29, 0.717) is 12.4 Å². The molecule has 2 N–H and O–H groups in total. The van der Waals surface area contributed by atoms with Gasteiger partial charge in [-0.2, -0.15) is 0 Å². The van der Waals surface area contributed by atoms with Crippen LogP contribution in [0.25, 0.3) is 0 Å². The fourth-order valence-electron chi connectivity index (χ4n) is 1.73. The van der Waals surface area contributed by atoms with Gasteiger partial charge in [0.05, 0.1) is 18.8 Å². The Labute approximate surface area is 131 Å². The average molecular weight is 310 g/mol. The van der Waals surface area contributed by atoms with Crippen molar-refractivity contribution in [2.45, 2.75) is 39.5 Å². The van der Waals surface area contributed by atoms with E-state index in [2.05, 4.69) is 15.8 Å². The molecule has 124 valence electrons. The summed E-state index contributed by atoms with van der Waals surface area (Å²) >= 11 is 0. The number of anilines is 1. The van der Waals surface area contributed by atoms with E-state index in [-0.39, 0.29) is 30.3 Å². The number of amides is 2. The minimum absolute atomic E-state index is 0.0909. The quantitative estimate of drug-likeness (QED) is 0.794. The van der Waals surface area contributed by atoms with Crippen LogP contribution in [0.4, 0.5) is 5.88 Å². The normalized spacial score (nSPS) is 11.5. The summed E-state index contributed by atoms with van der Waals surface area (Å²) in [6.07, 6.45) is 0.886. The maximum atomic E-state index is 11.9. The van der Waals surface area contributed by atoms with Crippen molar-refractivity contribution in [3.63, 3.8) is 0 Å². The molecule has 7 heteroatoms. The summed E-state index contributed by atoms with van der Waals surface area (Å²) in [5, 5.41) is 9.34. The first-order chi connectivity index (χ1) is 10.2. The predicted octanol–water partition coefficient (Wildman–Crippen LogP) is 1.37. The summed E-state index contributed by atoms with van der Waals surface area (Å²) in [6.45, 7) is 8.95. The summed E-state index contributed by atoms with van der Waals surface area (Å²) in [6, 6.07) is 1.71. The van der Waals surface area contributed by atoms with Gasteiger partial charge in [0.25, 0.3) is 0 Å². The standard InChI is InChI=1S/C15H26N4O3/c1-6-7-16-12(20)9-19(5)10-13(21)17-14-8-11(18-22-14)15(2,3)4/h8H,6-7,9-10H2,1-5H3,(H,16,20)(H,17,21). The molecule has 1 heterocycles. The SMILES string of the molecule is CCCNC(=O)CN(C)CC(=O)Nc1cc(C(C)(C)C)no1. The van der Waals surface area contributed by atoms with Gasteiger partial charge in [0, 0.05) is 18.0 Å². The number of carbonyl (C=O) groups excluding carboxylic acids is 2. The molecule has 0 fully saturated rings. The molecule has 0 bridgehead atoms. The summed E-state index contributed by atoms with van der Waals surface area (Å²) in [4.78, 5) is 25.1. The lowest BCUT2D eigenvalue weighted by Gasteiger charge is -2.15. The Morgan fingerprint density at radius 2 is 1.91 bits per heavy atom. The fourth-order valence-corrected chi connectivity index (χ4v) is 1.73. The van der Waals surface area contributed by atoms with E-state index >= 15 is 0 Å². The van der Waals surface area contributed by atoms with E-state index in [1.165, 1.54) is 0 Å². The van der Waals surface area contributed by atoms with Crippen molar-refractivity contribution in [3.05, 3.63) is 11.8 Å². The Kier molecular flexibility index (Phi) is 6.55. The van der Waals surface area contributed by atoms with Crippen LogP contribution < -0.4 is 10.6 Å². The van der Waals surface area contributed by atoms with E-state index in [1.54, 1.807) is 18.0 Å². The molecule has 0 saturated heterocycles. The van der Waals surface area contributed by atoms with Crippen molar-refractivity contribution in [2.75, 3.05) is 32.0 Å². The molecule has 7 nitrogen and oxygen atoms in total. The second-order valence-electron chi connectivity index (χ2n) is 6.40. The molecule has 1 aromatic rings. The number of likely N-dealkylation sites (N-methyl/N-ethyl adjacent to an activating group) is 1. The highest BCUT2D eigenvalue weighted by Crippen LogP contribution is 2.23. The summed E-state index contributed by atoms with van der Waals surface area (Å²) < 4.78 is 5.10. The molecular weight excluding hydrogens is 284 g/mol. The fraction of sp³-hybridized carbons (Fsp3) is 0.667. The Morgan fingerprint density at radius 1 is 1.27 bits per heavy atom. The van der Waals surface area contributed by atoms with Crippen molar-refractivity contribution in [1.29, 1.82) is 0 Å². The number of rotatable bonds is 7. The largest absolute Gasteiger partial charge is 0.355 e. The van der Waals surface area contributed by atoms with Crippen LogP contribution in [0.3, 0.4) is 0 Å². The number of nitrogens with zero attached hydrogens (tertiary/aromatic N) is 2. The molecule has 0 unspecified atom stereocenters. The molecular formula is C15H26N4O3. The van der Waals surface area contributed by atoms with Gasteiger partial charge in [-0.25, -0.2) is 0 Å². The lowest BCUT2D eigenvalue weighted by molar-refractivity contribution is -0.122. The molecule has 0 aliphatic heterocycles. The van der Waals surface area contributed by atoms with Gasteiger partial charge in [-0.1, -0.05) is 32.9 Å². The zero-order valence-corrected chi connectivity index (χ0v) is 14.0. The first kappa shape index (κ1) is 18.2. The molecule has 0 atom stereocenters. The average Bonchev–Trinajstić information content (AvgIpc) is 2.84. The monoisotopic (exact) mass is 310 g/mol. The Bertz CT molecular complexity index is 505. The van der Waals surface area contributed by atoms with E-state index in [9.17, 15) is 9.59 Å². The van der Waals surface area contributed by atoms with Crippen molar-refractivity contribution in [3.8, 4) is 0 Å². The smallest absolute Gasteiger partial charge is 0.240 e. The van der Waals surface area contributed by atoms with Gasteiger partial charge < -0.3 is 9.84 Å². The van der Waals surface area contributed by atoms with Gasteiger partial charge in [-0.3, -0.25) is 19.8 Å². The van der Waals surface area contributed by atoms with Crippen LogP contribution in [0.1, 0.15) is 39.8 Å². The first-order valence-corrected chi connectivity index (χ1v) is 7.44. The Morgan fingerprint density at radius 3 is 2.45 bits per heavy atom. The van der Waals surface area contributed by atoms with Gasteiger partial charge in [-0.15, -0.1) is 0 Å². The second kappa shape index (κ2) is 7.93. The third-order valence-electron chi connectivity index (χ3n) is 2.94. The highest BCUT2D eigenvalue weighted by atomic mass is 16.5. The number of hydrogen-bond acceptors (Lipinski definition) is 5. The van der Waals surface area contributed by atoms with E-state index < -0.39 is 0 Å². The maximum absolute atomic E-state index is 11.9. The minimum Gasteiger partial charge on any atom is -0.355 e. The zero-order valence-electron chi connectivity index (χ0n) is 14.0. The number of nitrogens with one attached hydrogen (secondary N) is 2. The molecule has 0 aliphatic rings. The van der Waals surface area contributed by atoms with Crippen molar-refractivity contribution >= 4 is 17.7 Å². The van der Waals surface area contributed by atoms with Crippen molar-refractivity contribution < 1.29 is 14.1 Å². The van der Waals surface area contributed by atoms with Gasteiger partial charge in [-0.05, 0) is 13.5 Å². The van der Waals surface area contributed by atoms with Crippen molar-refractivity contribution in [2.24, 2.45) is 0 Å². The molecule has 1 aromatic heterocycles. The summed E-state index contributed by atoms with van der Waals surface area (Å²) in [5.41, 5.74) is 0.635. The predicted molar refractivity (Wildman–Crippen MR) is 84.6 cm³/mol. The van der Waals surface area contributed by atoms with Crippen LogP contribution in [-0.4, -0.2) is 48.6 Å².